The highest BCUT2D eigenvalue weighted by Gasteiger charge is 2.61. The van der Waals surface area contributed by atoms with Crippen LogP contribution in [0.5, 0.6) is 0 Å². The second-order valence-corrected chi connectivity index (χ2v) is 5.16. The van der Waals surface area contributed by atoms with Crippen LogP contribution >= 0.6 is 0 Å². The molecular formula is C12H18F6N2O2. The molecule has 2 rings (SSSR count). The maximum absolute atomic E-state index is 11.0. The van der Waals surface area contributed by atoms with Crippen molar-refractivity contribution in [1.29, 1.82) is 0 Å². The number of amidine groups is 1. The lowest BCUT2D eigenvalue weighted by Crippen LogP contribution is -2.66. The van der Waals surface area contributed by atoms with Gasteiger partial charge in [0.1, 0.15) is 0 Å². The molecule has 0 saturated heterocycles. The molecule has 0 amide bonds. The van der Waals surface area contributed by atoms with Crippen molar-refractivity contribution in [2.24, 2.45) is 0 Å². The third kappa shape index (κ3) is 4.73. The highest BCUT2D eigenvalue weighted by Crippen LogP contribution is 2.38. The highest BCUT2D eigenvalue weighted by atomic mass is 19.4. The normalized spacial score (nSPS) is 20.4. The molecule has 0 radical (unpaired) electrons. The minimum absolute atomic E-state index is 1.20. The van der Waals surface area contributed by atoms with Crippen molar-refractivity contribution in [3.8, 4) is 0 Å². The summed E-state index contributed by atoms with van der Waals surface area (Å²) in [5.74, 6) is -4.35. The standard InChI is InChI=1S/C9H16N2.C3HF6O2/c1-3-7-11-8-4-2-6-10-9(11)5-1;4-2(5,6)1(10,11)3(7,8)9/h1-8H2;10H/q;-1/p+1. The molecule has 2 aliphatic heterocycles. The molecule has 0 aromatic rings. The Kier molecular flexibility index (Phi) is 6.08. The molecule has 2 aliphatic rings. The zero-order valence-electron chi connectivity index (χ0n) is 11.7. The first-order valence-electron chi connectivity index (χ1n) is 6.87. The molecule has 0 atom stereocenters. The van der Waals surface area contributed by atoms with Crippen molar-refractivity contribution < 1.29 is 41.1 Å². The fraction of sp³-hybridized carbons (Fsp3) is 0.917. The molecule has 0 fully saturated rings. The molecule has 0 aromatic heterocycles. The number of rotatable bonds is 0. The quantitative estimate of drug-likeness (QED) is 0.396. The van der Waals surface area contributed by atoms with Gasteiger partial charge >= 0.3 is 12.4 Å². The van der Waals surface area contributed by atoms with E-state index < -0.39 is 18.1 Å². The van der Waals surface area contributed by atoms with Gasteiger partial charge in [-0.1, -0.05) is 0 Å². The van der Waals surface area contributed by atoms with E-state index in [1.54, 1.807) is 0 Å². The van der Waals surface area contributed by atoms with E-state index in [4.69, 9.17) is 5.11 Å². The first-order chi connectivity index (χ1) is 9.97. The lowest BCUT2D eigenvalue weighted by Gasteiger charge is -2.37. The molecule has 0 aliphatic carbocycles. The Hall–Kier alpha value is -1.03. The largest absolute Gasteiger partial charge is 0.815 e. The van der Waals surface area contributed by atoms with Crippen LogP contribution in [-0.4, -0.2) is 53.3 Å². The van der Waals surface area contributed by atoms with E-state index in [2.05, 4.69) is 9.89 Å². The molecule has 130 valence electrons. The molecule has 0 aromatic carbocycles. The molecule has 10 heteroatoms. The Bertz CT molecular complexity index is 369. The summed E-state index contributed by atoms with van der Waals surface area (Å²) in [6, 6.07) is 0. The van der Waals surface area contributed by atoms with Gasteiger partial charge in [-0.15, -0.1) is 0 Å². The Morgan fingerprint density at radius 3 is 1.86 bits per heavy atom. The van der Waals surface area contributed by atoms with Gasteiger partial charge in [-0.25, -0.2) is 0 Å². The first kappa shape index (κ1) is 19.0. The van der Waals surface area contributed by atoms with Gasteiger partial charge in [0, 0.05) is 6.42 Å². The van der Waals surface area contributed by atoms with Crippen LogP contribution in [0.3, 0.4) is 0 Å². The molecule has 22 heavy (non-hydrogen) atoms. The van der Waals surface area contributed by atoms with Gasteiger partial charge in [0.15, 0.2) is 5.79 Å². The predicted octanol–water partition coefficient (Wildman–Crippen LogP) is 1.12. The van der Waals surface area contributed by atoms with Crippen LogP contribution in [0.4, 0.5) is 26.3 Å². The van der Waals surface area contributed by atoms with E-state index in [1.165, 1.54) is 57.6 Å². The van der Waals surface area contributed by atoms with Gasteiger partial charge in [-0.05, 0) is 25.7 Å². The molecular weight excluding hydrogens is 318 g/mol. The van der Waals surface area contributed by atoms with Crippen molar-refractivity contribution in [3.05, 3.63) is 0 Å². The van der Waals surface area contributed by atoms with Crippen LogP contribution in [0, 0.1) is 0 Å². The minimum atomic E-state index is -6.24. The van der Waals surface area contributed by atoms with E-state index in [0.717, 1.165) is 0 Å². The van der Waals surface area contributed by atoms with Gasteiger partial charge in [-0.2, -0.15) is 26.3 Å². The second kappa shape index (κ2) is 7.03. The van der Waals surface area contributed by atoms with Crippen LogP contribution in [0.15, 0.2) is 0 Å². The zero-order valence-corrected chi connectivity index (χ0v) is 11.7. The van der Waals surface area contributed by atoms with E-state index >= 15 is 0 Å². The van der Waals surface area contributed by atoms with Gasteiger partial charge in [0.2, 0.25) is 5.84 Å². The number of aliphatic hydroxyl groups is 1. The molecule has 2 N–H and O–H groups in total. The Morgan fingerprint density at radius 2 is 1.41 bits per heavy atom. The van der Waals surface area contributed by atoms with Crippen LogP contribution in [0.25, 0.3) is 0 Å². The van der Waals surface area contributed by atoms with Gasteiger partial charge in [-0.3, -0.25) is 9.89 Å². The molecule has 0 unspecified atom stereocenters. The number of halogens is 6. The Labute approximate surface area is 123 Å². The monoisotopic (exact) mass is 336 g/mol. The van der Waals surface area contributed by atoms with Crippen LogP contribution in [0.1, 0.15) is 32.1 Å². The maximum atomic E-state index is 11.0. The predicted molar refractivity (Wildman–Crippen MR) is 63.1 cm³/mol. The fourth-order valence-electron chi connectivity index (χ4n) is 2.16. The lowest BCUT2D eigenvalue weighted by molar-refractivity contribution is -0.655. The van der Waals surface area contributed by atoms with Crippen LogP contribution < -0.4 is 10.4 Å². The summed E-state index contributed by atoms with van der Waals surface area (Å²) in [6.07, 6.45) is -5.70. The summed E-state index contributed by atoms with van der Waals surface area (Å²) < 4.78 is 68.8. The molecule has 0 spiro atoms. The van der Waals surface area contributed by atoms with E-state index in [9.17, 15) is 31.4 Å². The second-order valence-electron chi connectivity index (χ2n) is 5.16. The highest BCUT2D eigenvalue weighted by molar-refractivity contribution is 5.77. The van der Waals surface area contributed by atoms with E-state index in [1.807, 2.05) is 0 Å². The summed E-state index contributed by atoms with van der Waals surface area (Å²) in [5.41, 5.74) is 0. The van der Waals surface area contributed by atoms with Gasteiger partial charge in [0.25, 0.3) is 0 Å². The third-order valence-corrected chi connectivity index (χ3v) is 3.43. The van der Waals surface area contributed by atoms with Crippen molar-refractivity contribution in [3.63, 3.8) is 0 Å². The summed E-state index contributed by atoms with van der Waals surface area (Å²) in [7, 11) is 0. The first-order valence-corrected chi connectivity index (χ1v) is 6.87. The number of hydrogen-bond acceptors (Lipinski definition) is 3. The number of nitrogens with one attached hydrogen (secondary N) is 1. The number of alkyl halides is 6. The molecule has 0 bridgehead atoms. The van der Waals surface area contributed by atoms with Crippen LogP contribution in [0.2, 0.25) is 0 Å². The van der Waals surface area contributed by atoms with Crippen molar-refractivity contribution in [2.75, 3.05) is 19.6 Å². The van der Waals surface area contributed by atoms with Crippen LogP contribution in [-0.2, 0) is 0 Å². The number of nitrogens with zero attached hydrogens (tertiary/aromatic N) is 1. The SMILES string of the molecule is C1CC[N+]2=C(CCCC2)NC1.[O-]C(O)(C(F)(F)F)C(F)(F)F. The fourth-order valence-corrected chi connectivity index (χ4v) is 2.16. The van der Waals surface area contributed by atoms with Crippen molar-refractivity contribution in [1.82, 2.24) is 5.32 Å². The Morgan fingerprint density at radius 1 is 0.909 bits per heavy atom. The lowest BCUT2D eigenvalue weighted by atomic mass is 10.1. The zero-order chi connectivity index (χ0) is 17.0. The number of hydrogen-bond donors (Lipinski definition) is 2. The summed E-state index contributed by atoms with van der Waals surface area (Å²) in [6.45, 7) is 3.79. The Balaban J connectivity index is 0.000000220. The van der Waals surface area contributed by atoms with E-state index in [-0.39, 0.29) is 0 Å². The average Bonchev–Trinajstić information content (AvgIpc) is 2.62. The van der Waals surface area contributed by atoms with E-state index in [0.29, 0.717) is 0 Å². The minimum Gasteiger partial charge on any atom is -0.815 e. The van der Waals surface area contributed by atoms with Crippen molar-refractivity contribution in [2.45, 2.75) is 50.2 Å². The summed E-state index contributed by atoms with van der Waals surface area (Å²) in [5, 5.41) is 20.4. The molecule has 2 heterocycles. The van der Waals surface area contributed by atoms with Crippen molar-refractivity contribution >= 4 is 5.84 Å². The van der Waals surface area contributed by atoms with Gasteiger partial charge in [0.05, 0.1) is 19.6 Å². The van der Waals surface area contributed by atoms with Gasteiger partial charge < -0.3 is 10.2 Å². The topological polar surface area (TPSA) is 58.3 Å². The average molecular weight is 336 g/mol. The molecule has 0 saturated carbocycles. The smallest absolute Gasteiger partial charge is 0.411 e. The third-order valence-electron chi connectivity index (χ3n) is 3.43. The summed E-state index contributed by atoms with van der Waals surface area (Å²) >= 11 is 0. The summed E-state index contributed by atoms with van der Waals surface area (Å²) in [4.78, 5) is 0. The molecule has 4 nitrogen and oxygen atoms in total. The maximum Gasteiger partial charge on any atom is 0.411 e.